The summed E-state index contributed by atoms with van der Waals surface area (Å²) < 4.78 is 24.5. The van der Waals surface area contributed by atoms with Crippen molar-refractivity contribution in [2.24, 2.45) is 0 Å². The van der Waals surface area contributed by atoms with Crippen LogP contribution < -0.4 is 5.32 Å². The van der Waals surface area contributed by atoms with E-state index in [-0.39, 0.29) is 6.04 Å². The minimum atomic E-state index is -3.34. The fourth-order valence-corrected chi connectivity index (χ4v) is 3.87. The van der Waals surface area contributed by atoms with Crippen molar-refractivity contribution in [3.8, 4) is 0 Å². The molecule has 1 atom stereocenters. The van der Waals surface area contributed by atoms with Crippen molar-refractivity contribution in [3.05, 3.63) is 33.7 Å². The third-order valence-electron chi connectivity index (χ3n) is 2.95. The molecule has 1 heterocycles. The zero-order chi connectivity index (χ0) is 12.6. The van der Waals surface area contributed by atoms with Crippen LogP contribution >= 0.6 is 11.6 Å². The van der Waals surface area contributed by atoms with Gasteiger partial charge in [0.15, 0.2) is 0 Å². The Labute approximate surface area is 106 Å². The van der Waals surface area contributed by atoms with E-state index in [1.54, 1.807) is 24.3 Å². The van der Waals surface area contributed by atoms with E-state index in [9.17, 15) is 8.42 Å². The fraction of sp³-hybridized carbons (Fsp3) is 0.333. The summed E-state index contributed by atoms with van der Waals surface area (Å²) in [5, 5.41) is 3.52. The predicted octanol–water partition coefficient (Wildman–Crippen LogP) is 2.47. The van der Waals surface area contributed by atoms with Gasteiger partial charge in [-0.25, -0.2) is 8.42 Å². The number of hydrogen-bond donors (Lipinski definition) is 1. The molecule has 1 aliphatic rings. The van der Waals surface area contributed by atoms with Gasteiger partial charge in [0.05, 0.1) is 9.80 Å². The third-order valence-corrected chi connectivity index (χ3v) is 5.19. The van der Waals surface area contributed by atoms with Gasteiger partial charge in [-0.3, -0.25) is 0 Å². The maximum Gasteiger partial charge on any atom is 0.203 e. The second-order valence-electron chi connectivity index (χ2n) is 4.16. The molecule has 0 aliphatic carbocycles. The van der Waals surface area contributed by atoms with E-state index < -0.39 is 9.84 Å². The molecular weight excluding hydrogens is 258 g/mol. The van der Waals surface area contributed by atoms with Crippen LogP contribution in [0.15, 0.2) is 28.0 Å². The maximum absolute atomic E-state index is 12.2. The number of benzene rings is 1. The van der Waals surface area contributed by atoms with E-state index in [0.29, 0.717) is 26.8 Å². The molecule has 1 aliphatic heterocycles. The van der Waals surface area contributed by atoms with Crippen LogP contribution in [0.25, 0.3) is 6.08 Å². The van der Waals surface area contributed by atoms with Crippen molar-refractivity contribution in [1.29, 1.82) is 0 Å². The van der Waals surface area contributed by atoms with Gasteiger partial charge in [-0.05, 0) is 38.6 Å². The Morgan fingerprint density at radius 1 is 1.41 bits per heavy atom. The summed E-state index contributed by atoms with van der Waals surface area (Å²) in [6.07, 6.45) is 2.16. The Hall–Kier alpha value is -0.840. The highest BCUT2D eigenvalue weighted by atomic mass is 35.5. The molecule has 2 rings (SSSR count). The largest absolute Gasteiger partial charge is 0.317 e. The lowest BCUT2D eigenvalue weighted by Crippen LogP contribution is -2.22. The van der Waals surface area contributed by atoms with Gasteiger partial charge in [-0.1, -0.05) is 17.7 Å². The summed E-state index contributed by atoms with van der Waals surface area (Å²) in [5.74, 6) is 0. The van der Waals surface area contributed by atoms with Gasteiger partial charge >= 0.3 is 0 Å². The molecule has 0 bridgehead atoms. The Kier molecular flexibility index (Phi) is 3.30. The number of hydrogen-bond acceptors (Lipinski definition) is 3. The lowest BCUT2D eigenvalue weighted by molar-refractivity contribution is 0.586. The minimum Gasteiger partial charge on any atom is -0.317 e. The molecule has 0 fully saturated rings. The van der Waals surface area contributed by atoms with Crippen LogP contribution in [0.1, 0.15) is 18.9 Å². The number of rotatable bonds is 3. The van der Waals surface area contributed by atoms with Crippen molar-refractivity contribution in [3.63, 3.8) is 0 Å². The highest BCUT2D eigenvalue weighted by molar-refractivity contribution is 7.95. The second kappa shape index (κ2) is 4.44. The molecule has 1 unspecified atom stereocenters. The van der Waals surface area contributed by atoms with Crippen molar-refractivity contribution in [2.75, 3.05) is 7.05 Å². The van der Waals surface area contributed by atoms with Gasteiger partial charge in [-0.15, -0.1) is 0 Å². The SMILES string of the molecule is CNC(C)CC1=Cc2c(Cl)cccc2S1(=O)=O. The minimum absolute atomic E-state index is 0.115. The fourth-order valence-electron chi connectivity index (χ4n) is 1.84. The van der Waals surface area contributed by atoms with Crippen LogP contribution in [-0.4, -0.2) is 21.5 Å². The van der Waals surface area contributed by atoms with E-state index in [1.165, 1.54) is 0 Å². The van der Waals surface area contributed by atoms with Crippen molar-refractivity contribution in [2.45, 2.75) is 24.3 Å². The average Bonchev–Trinajstić information content (AvgIpc) is 2.53. The molecule has 3 nitrogen and oxygen atoms in total. The highest BCUT2D eigenvalue weighted by Gasteiger charge is 2.31. The lowest BCUT2D eigenvalue weighted by Gasteiger charge is -2.10. The molecule has 0 spiro atoms. The van der Waals surface area contributed by atoms with E-state index in [2.05, 4.69) is 5.32 Å². The molecule has 92 valence electrons. The predicted molar refractivity (Wildman–Crippen MR) is 69.8 cm³/mol. The highest BCUT2D eigenvalue weighted by Crippen LogP contribution is 2.38. The Bertz CT molecular complexity index is 578. The zero-order valence-corrected chi connectivity index (χ0v) is 11.3. The number of fused-ring (bicyclic) bond motifs is 1. The summed E-state index contributed by atoms with van der Waals surface area (Å²) in [4.78, 5) is 0.755. The number of sulfone groups is 1. The summed E-state index contributed by atoms with van der Waals surface area (Å²) in [6, 6.07) is 5.09. The molecular formula is C12H14ClNO2S. The smallest absolute Gasteiger partial charge is 0.203 e. The van der Waals surface area contributed by atoms with E-state index in [0.717, 1.165) is 0 Å². The number of nitrogens with one attached hydrogen (secondary N) is 1. The average molecular weight is 272 g/mol. The molecule has 0 radical (unpaired) electrons. The van der Waals surface area contributed by atoms with Gasteiger partial charge in [0.1, 0.15) is 0 Å². The van der Waals surface area contributed by atoms with Crippen LogP contribution in [0.2, 0.25) is 5.02 Å². The standard InChI is InChI=1S/C12H14ClNO2S/c1-8(14-2)6-9-7-10-11(13)4-3-5-12(10)17(9,15)16/h3-5,7-8,14H,6H2,1-2H3. The Morgan fingerprint density at radius 3 is 2.71 bits per heavy atom. The third kappa shape index (κ3) is 2.12. The van der Waals surface area contributed by atoms with E-state index in [4.69, 9.17) is 11.6 Å². The van der Waals surface area contributed by atoms with Gasteiger partial charge in [0.25, 0.3) is 0 Å². The summed E-state index contributed by atoms with van der Waals surface area (Å²) in [7, 11) is -1.52. The first-order valence-electron chi connectivity index (χ1n) is 5.38. The molecule has 1 aromatic rings. The van der Waals surface area contributed by atoms with Crippen molar-refractivity contribution in [1.82, 2.24) is 5.32 Å². The molecule has 0 amide bonds. The van der Waals surface area contributed by atoms with E-state index >= 15 is 0 Å². The maximum atomic E-state index is 12.2. The van der Waals surface area contributed by atoms with Crippen molar-refractivity contribution < 1.29 is 8.42 Å². The van der Waals surface area contributed by atoms with Crippen LogP contribution in [0.4, 0.5) is 0 Å². The summed E-state index contributed by atoms with van der Waals surface area (Å²) in [5.41, 5.74) is 0.618. The van der Waals surface area contributed by atoms with Crippen LogP contribution in [0, 0.1) is 0 Å². The number of halogens is 1. The second-order valence-corrected chi connectivity index (χ2v) is 6.54. The lowest BCUT2D eigenvalue weighted by atomic mass is 10.1. The van der Waals surface area contributed by atoms with Gasteiger partial charge in [-0.2, -0.15) is 0 Å². The molecule has 1 aromatic carbocycles. The topological polar surface area (TPSA) is 46.2 Å². The Morgan fingerprint density at radius 2 is 2.12 bits per heavy atom. The molecule has 5 heteroatoms. The van der Waals surface area contributed by atoms with Crippen molar-refractivity contribution >= 4 is 27.5 Å². The molecule has 0 saturated heterocycles. The normalized spacial score (nSPS) is 18.6. The molecule has 0 aromatic heterocycles. The summed E-state index contributed by atoms with van der Waals surface area (Å²) in [6.45, 7) is 1.95. The van der Waals surface area contributed by atoms with Gasteiger partial charge in [0.2, 0.25) is 9.84 Å². The van der Waals surface area contributed by atoms with E-state index in [1.807, 2.05) is 14.0 Å². The van der Waals surface area contributed by atoms with Gasteiger partial charge < -0.3 is 5.32 Å². The quantitative estimate of drug-likeness (QED) is 0.919. The Balaban J connectivity index is 2.47. The molecule has 0 saturated carbocycles. The first kappa shape index (κ1) is 12.6. The summed E-state index contributed by atoms with van der Waals surface area (Å²) >= 11 is 6.01. The zero-order valence-electron chi connectivity index (χ0n) is 9.70. The first-order valence-corrected chi connectivity index (χ1v) is 7.24. The van der Waals surface area contributed by atoms with Gasteiger partial charge in [0, 0.05) is 16.6 Å². The van der Waals surface area contributed by atoms with Crippen LogP contribution in [-0.2, 0) is 9.84 Å². The van der Waals surface area contributed by atoms with Crippen LogP contribution in [0.3, 0.4) is 0 Å². The molecule has 1 N–H and O–H groups in total. The first-order chi connectivity index (χ1) is 7.96. The molecule has 17 heavy (non-hydrogen) atoms. The van der Waals surface area contributed by atoms with Crippen LogP contribution in [0.5, 0.6) is 0 Å². The monoisotopic (exact) mass is 271 g/mol.